The van der Waals surface area contributed by atoms with Crippen LogP contribution in [0.1, 0.15) is 24.8 Å². The zero-order valence-electron chi connectivity index (χ0n) is 10.6. The van der Waals surface area contributed by atoms with E-state index in [2.05, 4.69) is 9.89 Å². The first-order valence-electron chi connectivity index (χ1n) is 6.52. The summed E-state index contributed by atoms with van der Waals surface area (Å²) >= 11 is 0. The molecule has 1 atom stereocenters. The highest BCUT2D eigenvalue weighted by Crippen LogP contribution is 2.10. The van der Waals surface area contributed by atoms with E-state index >= 15 is 0 Å². The summed E-state index contributed by atoms with van der Waals surface area (Å²) in [6.45, 7) is 2.30. The Morgan fingerprint density at radius 1 is 1.28 bits per heavy atom. The Balaban J connectivity index is 1.91. The van der Waals surface area contributed by atoms with Crippen molar-refractivity contribution in [1.82, 2.24) is 4.90 Å². The molecule has 0 bridgehead atoms. The number of aliphatic hydroxyl groups is 1. The van der Waals surface area contributed by atoms with Crippen LogP contribution in [0, 0.1) is 0 Å². The van der Waals surface area contributed by atoms with Gasteiger partial charge in [0.2, 0.25) is 0 Å². The predicted molar refractivity (Wildman–Crippen MR) is 73.2 cm³/mol. The first-order chi connectivity index (χ1) is 8.75. The summed E-state index contributed by atoms with van der Waals surface area (Å²) in [5.41, 5.74) is 7.17. The summed E-state index contributed by atoms with van der Waals surface area (Å²) in [6.07, 6.45) is 2.43. The van der Waals surface area contributed by atoms with Gasteiger partial charge < -0.3 is 15.7 Å². The number of nitrogens with zero attached hydrogens (tertiary/aromatic N) is 2. The van der Waals surface area contributed by atoms with Crippen LogP contribution in [0.3, 0.4) is 0 Å². The van der Waals surface area contributed by atoms with Gasteiger partial charge >= 0.3 is 0 Å². The minimum absolute atomic E-state index is 0.183. The molecule has 1 saturated heterocycles. The van der Waals surface area contributed by atoms with Gasteiger partial charge in [0, 0.05) is 13.1 Å². The van der Waals surface area contributed by atoms with Crippen molar-refractivity contribution < 1.29 is 5.11 Å². The van der Waals surface area contributed by atoms with Crippen molar-refractivity contribution in [3.63, 3.8) is 0 Å². The smallest absolute Gasteiger partial charge is 0.191 e. The molecule has 4 nitrogen and oxygen atoms in total. The lowest BCUT2D eigenvalue weighted by atomic mass is 10.2. The number of aliphatic imine (C=N–C) groups is 1. The summed E-state index contributed by atoms with van der Waals surface area (Å²) in [4.78, 5) is 6.49. The number of nitrogens with two attached hydrogens (primary N) is 1. The molecule has 1 aromatic rings. The van der Waals surface area contributed by atoms with Gasteiger partial charge in [0.1, 0.15) is 0 Å². The average Bonchev–Trinajstić information content (AvgIpc) is 2.62. The van der Waals surface area contributed by atoms with Crippen molar-refractivity contribution >= 4 is 5.96 Å². The molecule has 18 heavy (non-hydrogen) atoms. The van der Waals surface area contributed by atoms with Crippen LogP contribution in [0.2, 0.25) is 0 Å². The van der Waals surface area contributed by atoms with E-state index in [1.165, 1.54) is 0 Å². The van der Waals surface area contributed by atoms with Crippen LogP contribution in [0.25, 0.3) is 0 Å². The van der Waals surface area contributed by atoms with Crippen molar-refractivity contribution in [2.75, 3.05) is 13.1 Å². The van der Waals surface area contributed by atoms with E-state index in [-0.39, 0.29) is 6.10 Å². The van der Waals surface area contributed by atoms with E-state index in [1.807, 2.05) is 30.3 Å². The highest BCUT2D eigenvalue weighted by Gasteiger charge is 2.15. The van der Waals surface area contributed by atoms with E-state index in [9.17, 15) is 5.11 Å². The molecular formula is C14H21N3O. The van der Waals surface area contributed by atoms with Gasteiger partial charge in [-0.1, -0.05) is 30.3 Å². The topological polar surface area (TPSA) is 61.8 Å². The van der Waals surface area contributed by atoms with Gasteiger partial charge in [-0.05, 0) is 24.8 Å². The Morgan fingerprint density at radius 2 is 2.06 bits per heavy atom. The molecule has 1 aliphatic heterocycles. The largest absolute Gasteiger partial charge is 0.393 e. The number of hydrogen-bond donors (Lipinski definition) is 2. The minimum Gasteiger partial charge on any atom is -0.393 e. The maximum absolute atomic E-state index is 9.59. The zero-order valence-corrected chi connectivity index (χ0v) is 10.6. The van der Waals surface area contributed by atoms with E-state index in [0.29, 0.717) is 12.5 Å². The van der Waals surface area contributed by atoms with Crippen LogP contribution in [0.5, 0.6) is 0 Å². The third-order valence-corrected chi connectivity index (χ3v) is 3.29. The summed E-state index contributed by atoms with van der Waals surface area (Å²) in [6, 6.07) is 10.1. The first kappa shape index (κ1) is 12.9. The molecule has 1 aliphatic rings. The monoisotopic (exact) mass is 247 g/mol. The van der Waals surface area contributed by atoms with Crippen LogP contribution < -0.4 is 5.73 Å². The van der Waals surface area contributed by atoms with Crippen LogP contribution in [-0.4, -0.2) is 35.2 Å². The Hall–Kier alpha value is -1.55. The summed E-state index contributed by atoms with van der Waals surface area (Å²) < 4.78 is 0. The highest BCUT2D eigenvalue weighted by molar-refractivity contribution is 5.78. The molecule has 0 aromatic heterocycles. The second kappa shape index (κ2) is 6.40. The molecule has 1 fully saturated rings. The Kier molecular flexibility index (Phi) is 4.59. The van der Waals surface area contributed by atoms with Crippen LogP contribution in [-0.2, 0) is 6.54 Å². The second-order valence-electron chi connectivity index (χ2n) is 4.73. The van der Waals surface area contributed by atoms with Crippen molar-refractivity contribution in [3.8, 4) is 0 Å². The molecule has 0 amide bonds. The molecule has 1 aromatic carbocycles. The summed E-state index contributed by atoms with van der Waals surface area (Å²) in [5.74, 6) is 0.591. The third kappa shape index (κ3) is 3.74. The maximum atomic E-state index is 9.59. The van der Waals surface area contributed by atoms with Gasteiger partial charge in [-0.2, -0.15) is 0 Å². The van der Waals surface area contributed by atoms with Crippen molar-refractivity contribution in [3.05, 3.63) is 35.9 Å². The molecule has 1 unspecified atom stereocenters. The molecule has 0 spiro atoms. The van der Waals surface area contributed by atoms with Crippen molar-refractivity contribution in [2.24, 2.45) is 10.7 Å². The lowest BCUT2D eigenvalue weighted by molar-refractivity contribution is 0.159. The molecule has 98 valence electrons. The zero-order chi connectivity index (χ0) is 12.8. The fraction of sp³-hybridized carbons (Fsp3) is 0.500. The van der Waals surface area contributed by atoms with Crippen LogP contribution in [0.4, 0.5) is 0 Å². The molecule has 1 heterocycles. The van der Waals surface area contributed by atoms with Gasteiger partial charge in [0.25, 0.3) is 0 Å². The molecule has 0 radical (unpaired) electrons. The summed E-state index contributed by atoms with van der Waals surface area (Å²) in [5, 5.41) is 9.59. The number of benzene rings is 1. The van der Waals surface area contributed by atoms with E-state index in [0.717, 1.165) is 37.9 Å². The standard InChI is InChI=1S/C14H21N3O/c15-14(16-11-12-5-2-1-3-6-12)17-9-4-7-13(18)8-10-17/h1-3,5-6,13,18H,4,7-11H2,(H2,15,16). The number of hydrogen-bond acceptors (Lipinski definition) is 2. The van der Waals surface area contributed by atoms with Gasteiger partial charge in [-0.15, -0.1) is 0 Å². The Labute approximate surface area is 108 Å². The second-order valence-corrected chi connectivity index (χ2v) is 4.73. The molecule has 3 N–H and O–H groups in total. The normalized spacial score (nSPS) is 21.7. The van der Waals surface area contributed by atoms with Gasteiger partial charge in [0.05, 0.1) is 12.6 Å². The molecule has 2 rings (SSSR count). The maximum Gasteiger partial charge on any atom is 0.191 e. The van der Waals surface area contributed by atoms with E-state index in [1.54, 1.807) is 0 Å². The number of guanidine groups is 1. The number of rotatable bonds is 2. The fourth-order valence-corrected chi connectivity index (χ4v) is 2.16. The van der Waals surface area contributed by atoms with Gasteiger partial charge in [-0.3, -0.25) is 0 Å². The SMILES string of the molecule is NC(=NCc1ccccc1)N1CCCC(O)CC1. The third-order valence-electron chi connectivity index (χ3n) is 3.29. The molecular weight excluding hydrogens is 226 g/mol. The first-order valence-corrected chi connectivity index (χ1v) is 6.52. The van der Waals surface area contributed by atoms with Crippen LogP contribution in [0.15, 0.2) is 35.3 Å². The average molecular weight is 247 g/mol. The van der Waals surface area contributed by atoms with Crippen molar-refractivity contribution in [1.29, 1.82) is 0 Å². The minimum atomic E-state index is -0.183. The predicted octanol–water partition coefficient (Wildman–Crippen LogP) is 1.35. The van der Waals surface area contributed by atoms with E-state index < -0.39 is 0 Å². The molecule has 4 heteroatoms. The Morgan fingerprint density at radius 3 is 2.83 bits per heavy atom. The van der Waals surface area contributed by atoms with Gasteiger partial charge in [0.15, 0.2) is 5.96 Å². The number of aliphatic hydroxyl groups excluding tert-OH is 1. The Bertz CT molecular complexity index is 391. The van der Waals surface area contributed by atoms with Crippen LogP contribution >= 0.6 is 0 Å². The van der Waals surface area contributed by atoms with Gasteiger partial charge in [-0.25, -0.2) is 4.99 Å². The lowest BCUT2D eigenvalue weighted by Gasteiger charge is -2.21. The molecule has 0 saturated carbocycles. The number of likely N-dealkylation sites (tertiary alicyclic amines) is 1. The quantitative estimate of drug-likeness (QED) is 0.612. The molecule has 0 aliphatic carbocycles. The fourth-order valence-electron chi connectivity index (χ4n) is 2.16. The summed E-state index contributed by atoms with van der Waals surface area (Å²) in [7, 11) is 0. The van der Waals surface area contributed by atoms with Crippen molar-refractivity contribution in [2.45, 2.75) is 31.9 Å². The van der Waals surface area contributed by atoms with E-state index in [4.69, 9.17) is 5.73 Å². The highest BCUT2D eigenvalue weighted by atomic mass is 16.3. The lowest BCUT2D eigenvalue weighted by Crippen LogP contribution is -2.38.